The summed E-state index contributed by atoms with van der Waals surface area (Å²) in [4.78, 5) is 0.0540. The molecule has 6 heteroatoms. The van der Waals surface area contributed by atoms with Crippen LogP contribution < -0.4 is 15.6 Å². The van der Waals surface area contributed by atoms with Gasteiger partial charge in [0.15, 0.2) is 0 Å². The van der Waals surface area contributed by atoms with Crippen molar-refractivity contribution in [3.05, 3.63) is 54.1 Å². The zero-order valence-corrected chi connectivity index (χ0v) is 10.9. The summed E-state index contributed by atoms with van der Waals surface area (Å²) in [7, 11) is -3.67. The van der Waals surface area contributed by atoms with E-state index in [0.717, 1.165) is 5.56 Å². The smallest absolute Gasteiger partial charge is 0.238 e. The summed E-state index contributed by atoms with van der Waals surface area (Å²) in [6.45, 7) is 0.476. The summed E-state index contributed by atoms with van der Waals surface area (Å²) in [6.07, 6.45) is 0. The zero-order valence-electron chi connectivity index (χ0n) is 10.1. The number of hydrogen-bond acceptors (Lipinski definition) is 4. The molecule has 0 saturated heterocycles. The lowest BCUT2D eigenvalue weighted by molar-refractivity contribution is 0.482. The Kier molecular flexibility index (Phi) is 3.84. The van der Waals surface area contributed by atoms with E-state index in [9.17, 15) is 8.42 Å². The molecule has 0 heterocycles. The van der Waals surface area contributed by atoms with Crippen LogP contribution in [0.1, 0.15) is 5.56 Å². The van der Waals surface area contributed by atoms with Crippen molar-refractivity contribution in [2.75, 3.05) is 0 Å². The molecule has 0 spiro atoms. The highest BCUT2D eigenvalue weighted by Gasteiger charge is 2.07. The molecule has 0 unspecified atom stereocenters. The molecule has 0 aliphatic rings. The second kappa shape index (κ2) is 5.40. The van der Waals surface area contributed by atoms with E-state index in [4.69, 9.17) is 15.6 Å². The topological polar surface area (TPSA) is 95.4 Å². The van der Waals surface area contributed by atoms with E-state index in [1.54, 1.807) is 24.3 Å². The Balaban J connectivity index is 2.15. The van der Waals surface area contributed by atoms with E-state index in [1.807, 2.05) is 12.1 Å². The van der Waals surface area contributed by atoms with Crippen LogP contribution in [0.3, 0.4) is 0 Å². The summed E-state index contributed by atoms with van der Waals surface area (Å²) in [5.74, 6) is 1.19. The molecule has 19 heavy (non-hydrogen) atoms. The lowest BCUT2D eigenvalue weighted by atomic mass is 10.2. The fraction of sp³-hybridized carbons (Fsp3) is 0.0769. The largest absolute Gasteiger partial charge is 0.457 e. The number of rotatable bonds is 4. The van der Waals surface area contributed by atoms with Gasteiger partial charge in [-0.15, -0.1) is 0 Å². The Hall–Kier alpha value is -1.89. The molecule has 0 radical (unpaired) electrons. The van der Waals surface area contributed by atoms with Gasteiger partial charge in [-0.25, -0.2) is 13.6 Å². The van der Waals surface area contributed by atoms with Gasteiger partial charge in [-0.3, -0.25) is 0 Å². The highest BCUT2D eigenvalue weighted by molar-refractivity contribution is 7.89. The van der Waals surface area contributed by atoms with Crippen molar-refractivity contribution in [1.82, 2.24) is 0 Å². The highest BCUT2D eigenvalue weighted by Crippen LogP contribution is 2.22. The first-order valence-electron chi connectivity index (χ1n) is 5.59. The summed E-state index contributed by atoms with van der Waals surface area (Å²) in [5, 5.41) is 5.01. The normalized spacial score (nSPS) is 11.3. The molecule has 0 fully saturated rings. The van der Waals surface area contributed by atoms with Gasteiger partial charge in [0.05, 0.1) is 4.90 Å². The lowest BCUT2D eigenvalue weighted by Crippen LogP contribution is -2.11. The van der Waals surface area contributed by atoms with Gasteiger partial charge in [-0.05, 0) is 42.0 Å². The van der Waals surface area contributed by atoms with E-state index in [1.165, 1.54) is 12.1 Å². The van der Waals surface area contributed by atoms with E-state index < -0.39 is 10.0 Å². The van der Waals surface area contributed by atoms with Gasteiger partial charge in [-0.1, -0.05) is 12.1 Å². The molecule has 0 amide bonds. The summed E-state index contributed by atoms with van der Waals surface area (Å²) < 4.78 is 27.8. The molecule has 100 valence electrons. The molecule has 0 bridgehead atoms. The average Bonchev–Trinajstić information content (AvgIpc) is 2.39. The summed E-state index contributed by atoms with van der Waals surface area (Å²) >= 11 is 0. The van der Waals surface area contributed by atoms with Crippen LogP contribution in [0.15, 0.2) is 53.4 Å². The van der Waals surface area contributed by atoms with Crippen molar-refractivity contribution in [2.24, 2.45) is 10.9 Å². The third kappa shape index (κ3) is 3.54. The van der Waals surface area contributed by atoms with Gasteiger partial charge >= 0.3 is 0 Å². The Labute approximate surface area is 111 Å². The van der Waals surface area contributed by atoms with E-state index in [-0.39, 0.29) is 4.90 Å². The minimum atomic E-state index is -3.67. The maximum Gasteiger partial charge on any atom is 0.238 e. The zero-order chi connectivity index (χ0) is 13.9. The highest BCUT2D eigenvalue weighted by atomic mass is 32.2. The molecular formula is C13H14N2O3S. The third-order valence-corrected chi connectivity index (χ3v) is 3.48. The summed E-state index contributed by atoms with van der Waals surface area (Å²) in [6, 6.07) is 13.2. The Bertz CT molecular complexity index is 649. The number of benzene rings is 2. The van der Waals surface area contributed by atoms with Crippen molar-refractivity contribution in [3.8, 4) is 11.5 Å². The molecule has 0 aliphatic carbocycles. The molecule has 0 saturated carbocycles. The maximum atomic E-state index is 11.1. The fourth-order valence-electron chi connectivity index (χ4n) is 1.53. The van der Waals surface area contributed by atoms with Crippen LogP contribution in [0.4, 0.5) is 0 Å². The quantitative estimate of drug-likeness (QED) is 0.887. The molecule has 0 aromatic heterocycles. The number of primary sulfonamides is 1. The Morgan fingerprint density at radius 1 is 0.895 bits per heavy atom. The van der Waals surface area contributed by atoms with Crippen molar-refractivity contribution in [2.45, 2.75) is 11.4 Å². The van der Waals surface area contributed by atoms with Crippen LogP contribution in [0.5, 0.6) is 11.5 Å². The van der Waals surface area contributed by atoms with Crippen molar-refractivity contribution in [3.63, 3.8) is 0 Å². The Morgan fingerprint density at radius 2 is 1.37 bits per heavy atom. The van der Waals surface area contributed by atoms with Crippen LogP contribution in [-0.4, -0.2) is 8.42 Å². The summed E-state index contributed by atoms with van der Waals surface area (Å²) in [5.41, 5.74) is 6.51. The molecule has 0 atom stereocenters. The monoisotopic (exact) mass is 278 g/mol. The molecule has 0 aliphatic heterocycles. The number of hydrogen-bond donors (Lipinski definition) is 2. The molecule has 2 rings (SSSR count). The van der Waals surface area contributed by atoms with Crippen LogP contribution in [0.25, 0.3) is 0 Å². The van der Waals surface area contributed by atoms with Gasteiger partial charge in [0, 0.05) is 6.54 Å². The van der Waals surface area contributed by atoms with E-state index in [0.29, 0.717) is 18.0 Å². The second-order valence-corrected chi connectivity index (χ2v) is 5.53. The van der Waals surface area contributed by atoms with Crippen LogP contribution >= 0.6 is 0 Å². The predicted molar refractivity (Wildman–Crippen MR) is 72.2 cm³/mol. The first kappa shape index (κ1) is 13.5. The molecule has 4 N–H and O–H groups in total. The van der Waals surface area contributed by atoms with Crippen molar-refractivity contribution in [1.29, 1.82) is 0 Å². The van der Waals surface area contributed by atoms with Gasteiger partial charge in [-0.2, -0.15) is 0 Å². The average molecular weight is 278 g/mol. The first-order chi connectivity index (χ1) is 8.99. The van der Waals surface area contributed by atoms with Gasteiger partial charge < -0.3 is 10.5 Å². The van der Waals surface area contributed by atoms with Crippen LogP contribution in [0, 0.1) is 0 Å². The molecule has 5 nitrogen and oxygen atoms in total. The number of sulfonamides is 1. The van der Waals surface area contributed by atoms with Crippen LogP contribution in [-0.2, 0) is 16.6 Å². The van der Waals surface area contributed by atoms with E-state index >= 15 is 0 Å². The predicted octanol–water partition coefficient (Wildman–Crippen LogP) is 1.59. The molecule has 2 aromatic carbocycles. The minimum Gasteiger partial charge on any atom is -0.457 e. The number of nitrogens with two attached hydrogens (primary N) is 2. The lowest BCUT2D eigenvalue weighted by Gasteiger charge is -2.07. The van der Waals surface area contributed by atoms with Gasteiger partial charge in [0.2, 0.25) is 10.0 Å². The number of ether oxygens (including phenoxy) is 1. The van der Waals surface area contributed by atoms with Crippen molar-refractivity contribution < 1.29 is 13.2 Å². The molecule has 2 aromatic rings. The maximum absolute atomic E-state index is 11.1. The van der Waals surface area contributed by atoms with Gasteiger partial charge in [0.25, 0.3) is 0 Å². The van der Waals surface area contributed by atoms with Crippen molar-refractivity contribution >= 4 is 10.0 Å². The second-order valence-electron chi connectivity index (χ2n) is 3.97. The first-order valence-corrected chi connectivity index (χ1v) is 7.13. The molecular weight excluding hydrogens is 264 g/mol. The Morgan fingerprint density at radius 3 is 1.79 bits per heavy atom. The fourth-order valence-corrected chi connectivity index (χ4v) is 2.04. The minimum absolute atomic E-state index is 0.0540. The van der Waals surface area contributed by atoms with E-state index in [2.05, 4.69) is 0 Å². The van der Waals surface area contributed by atoms with Crippen LogP contribution in [0.2, 0.25) is 0 Å². The SMILES string of the molecule is NCc1ccc(Oc2ccc(S(N)(=O)=O)cc2)cc1. The third-order valence-electron chi connectivity index (χ3n) is 2.55. The standard InChI is InChI=1S/C13H14N2O3S/c14-9-10-1-3-11(4-2-10)18-12-5-7-13(8-6-12)19(15,16)17/h1-8H,9,14H2,(H2,15,16,17). The van der Waals surface area contributed by atoms with Gasteiger partial charge in [0.1, 0.15) is 11.5 Å².